The van der Waals surface area contributed by atoms with E-state index in [0.717, 1.165) is 0 Å². The number of allylic oxidation sites excluding steroid dienone is 1. The van der Waals surface area contributed by atoms with Crippen molar-refractivity contribution in [1.29, 1.82) is 0 Å². The molecule has 0 aliphatic rings. The SMILES string of the molecule is Cn1ccc(/C=C/C(=O)c2ccc(F)cc2)n1. The van der Waals surface area contributed by atoms with Crippen LogP contribution in [0.5, 0.6) is 0 Å². The van der Waals surface area contributed by atoms with Gasteiger partial charge in [0.2, 0.25) is 0 Å². The molecular weight excluding hydrogens is 219 g/mol. The van der Waals surface area contributed by atoms with Crippen molar-refractivity contribution in [2.24, 2.45) is 7.05 Å². The number of carbonyl (C=O) groups excluding carboxylic acids is 1. The van der Waals surface area contributed by atoms with Crippen LogP contribution in [-0.4, -0.2) is 15.6 Å². The summed E-state index contributed by atoms with van der Waals surface area (Å²) in [6.07, 6.45) is 4.85. The molecule has 0 saturated carbocycles. The summed E-state index contributed by atoms with van der Waals surface area (Å²) in [4.78, 5) is 11.7. The molecular formula is C13H11FN2O. The van der Waals surface area contributed by atoms with Crippen molar-refractivity contribution >= 4 is 11.9 Å². The first kappa shape index (κ1) is 11.3. The zero-order chi connectivity index (χ0) is 12.3. The maximum absolute atomic E-state index is 12.7. The van der Waals surface area contributed by atoms with Gasteiger partial charge in [0.15, 0.2) is 5.78 Å². The van der Waals surface area contributed by atoms with E-state index in [4.69, 9.17) is 0 Å². The van der Waals surface area contributed by atoms with Gasteiger partial charge in [-0.25, -0.2) is 4.39 Å². The Bertz CT molecular complexity index is 555. The summed E-state index contributed by atoms with van der Waals surface area (Å²) in [5.74, 6) is -0.522. The molecule has 0 aliphatic carbocycles. The van der Waals surface area contributed by atoms with Crippen LogP contribution in [0.1, 0.15) is 16.1 Å². The molecule has 0 amide bonds. The minimum Gasteiger partial charge on any atom is -0.289 e. The highest BCUT2D eigenvalue weighted by Gasteiger charge is 2.01. The lowest BCUT2D eigenvalue weighted by atomic mass is 10.1. The molecule has 0 atom stereocenters. The zero-order valence-corrected chi connectivity index (χ0v) is 9.30. The van der Waals surface area contributed by atoms with Crippen LogP contribution in [0.15, 0.2) is 42.6 Å². The van der Waals surface area contributed by atoms with Gasteiger partial charge in [-0.1, -0.05) is 0 Å². The summed E-state index contributed by atoms with van der Waals surface area (Å²) in [6, 6.07) is 7.25. The molecule has 3 nitrogen and oxygen atoms in total. The minimum atomic E-state index is -0.352. The molecule has 17 heavy (non-hydrogen) atoms. The Morgan fingerprint density at radius 2 is 2.00 bits per heavy atom. The number of nitrogens with zero attached hydrogens (tertiary/aromatic N) is 2. The van der Waals surface area contributed by atoms with Crippen LogP contribution in [-0.2, 0) is 7.05 Å². The fourth-order valence-electron chi connectivity index (χ4n) is 1.39. The molecule has 1 aromatic heterocycles. The van der Waals surface area contributed by atoms with Crippen LogP contribution in [0.25, 0.3) is 6.08 Å². The topological polar surface area (TPSA) is 34.9 Å². The molecule has 0 unspecified atom stereocenters. The highest BCUT2D eigenvalue weighted by atomic mass is 19.1. The Labute approximate surface area is 98.2 Å². The summed E-state index contributed by atoms with van der Waals surface area (Å²) in [5.41, 5.74) is 1.17. The third kappa shape index (κ3) is 2.87. The van der Waals surface area contributed by atoms with Crippen molar-refractivity contribution in [3.05, 3.63) is 59.7 Å². The zero-order valence-electron chi connectivity index (χ0n) is 9.30. The van der Waals surface area contributed by atoms with Gasteiger partial charge in [-0.05, 0) is 42.5 Å². The Hall–Kier alpha value is -2.23. The second-order valence-electron chi connectivity index (χ2n) is 3.62. The van der Waals surface area contributed by atoms with Crippen LogP contribution in [0.4, 0.5) is 4.39 Å². The number of aromatic nitrogens is 2. The lowest BCUT2D eigenvalue weighted by Gasteiger charge is -1.94. The number of aryl methyl sites for hydroxylation is 1. The number of hydrogen-bond donors (Lipinski definition) is 0. The molecule has 0 aliphatic heterocycles. The lowest BCUT2D eigenvalue weighted by molar-refractivity contribution is 0.104. The highest BCUT2D eigenvalue weighted by Crippen LogP contribution is 2.06. The van der Waals surface area contributed by atoms with E-state index in [-0.39, 0.29) is 11.6 Å². The third-order valence-electron chi connectivity index (χ3n) is 2.27. The second kappa shape index (κ2) is 4.74. The predicted octanol–water partition coefficient (Wildman–Crippen LogP) is 2.46. The number of carbonyl (C=O) groups is 1. The van der Waals surface area contributed by atoms with Crippen LogP contribution in [0.2, 0.25) is 0 Å². The van der Waals surface area contributed by atoms with E-state index < -0.39 is 0 Å². The van der Waals surface area contributed by atoms with E-state index in [2.05, 4.69) is 5.10 Å². The van der Waals surface area contributed by atoms with Gasteiger partial charge in [0.25, 0.3) is 0 Å². The smallest absolute Gasteiger partial charge is 0.185 e. The van der Waals surface area contributed by atoms with Gasteiger partial charge in [-0.15, -0.1) is 0 Å². The summed E-state index contributed by atoms with van der Waals surface area (Å²) < 4.78 is 14.3. The molecule has 2 aromatic rings. The molecule has 0 N–H and O–H groups in total. The maximum atomic E-state index is 12.7. The number of benzene rings is 1. The van der Waals surface area contributed by atoms with Crippen molar-refractivity contribution < 1.29 is 9.18 Å². The normalized spacial score (nSPS) is 10.9. The largest absolute Gasteiger partial charge is 0.289 e. The van der Waals surface area contributed by atoms with Crippen molar-refractivity contribution in [2.45, 2.75) is 0 Å². The molecule has 0 spiro atoms. The molecule has 0 fully saturated rings. The third-order valence-corrected chi connectivity index (χ3v) is 2.27. The van der Waals surface area contributed by atoms with Crippen LogP contribution < -0.4 is 0 Å². The number of rotatable bonds is 3. The quantitative estimate of drug-likeness (QED) is 0.599. The van der Waals surface area contributed by atoms with Crippen molar-refractivity contribution in [3.63, 3.8) is 0 Å². The molecule has 4 heteroatoms. The average Bonchev–Trinajstić information content (AvgIpc) is 2.73. The van der Waals surface area contributed by atoms with E-state index in [9.17, 15) is 9.18 Å². The molecule has 1 aromatic carbocycles. The Morgan fingerprint density at radius 3 is 2.59 bits per heavy atom. The Kier molecular flexibility index (Phi) is 3.14. The summed E-state index contributed by atoms with van der Waals surface area (Å²) in [5, 5.41) is 4.11. The highest BCUT2D eigenvalue weighted by molar-refractivity contribution is 6.06. The summed E-state index contributed by atoms with van der Waals surface area (Å²) in [7, 11) is 1.80. The van der Waals surface area contributed by atoms with Gasteiger partial charge in [-0.2, -0.15) is 5.10 Å². The monoisotopic (exact) mass is 230 g/mol. The fraction of sp³-hybridized carbons (Fsp3) is 0.0769. The Balaban J connectivity index is 2.11. The number of ketones is 1. The predicted molar refractivity (Wildman–Crippen MR) is 63.0 cm³/mol. The second-order valence-corrected chi connectivity index (χ2v) is 3.62. The molecule has 0 radical (unpaired) electrons. The van der Waals surface area contributed by atoms with Gasteiger partial charge in [-0.3, -0.25) is 9.48 Å². The molecule has 1 heterocycles. The van der Waals surface area contributed by atoms with Gasteiger partial charge in [0.05, 0.1) is 5.69 Å². The van der Waals surface area contributed by atoms with Crippen LogP contribution >= 0.6 is 0 Å². The maximum Gasteiger partial charge on any atom is 0.185 e. The van der Waals surface area contributed by atoms with E-state index in [1.807, 2.05) is 0 Å². The molecule has 2 rings (SSSR count). The average molecular weight is 230 g/mol. The standard InChI is InChI=1S/C13H11FN2O/c1-16-9-8-12(15-16)6-7-13(17)10-2-4-11(14)5-3-10/h2-9H,1H3/b7-6+. The first-order chi connectivity index (χ1) is 8.15. The van der Waals surface area contributed by atoms with Crippen LogP contribution in [0, 0.1) is 5.82 Å². The lowest BCUT2D eigenvalue weighted by Crippen LogP contribution is -1.94. The number of halogens is 1. The molecule has 0 bridgehead atoms. The molecule has 86 valence electrons. The molecule has 0 saturated heterocycles. The van der Waals surface area contributed by atoms with E-state index in [0.29, 0.717) is 11.3 Å². The first-order valence-electron chi connectivity index (χ1n) is 5.13. The van der Waals surface area contributed by atoms with E-state index in [1.54, 1.807) is 30.1 Å². The number of hydrogen-bond acceptors (Lipinski definition) is 2. The van der Waals surface area contributed by atoms with Crippen LogP contribution in [0.3, 0.4) is 0 Å². The minimum absolute atomic E-state index is 0.171. The van der Waals surface area contributed by atoms with Gasteiger partial charge < -0.3 is 0 Å². The first-order valence-corrected chi connectivity index (χ1v) is 5.13. The van der Waals surface area contributed by atoms with Gasteiger partial charge in [0, 0.05) is 18.8 Å². The Morgan fingerprint density at radius 1 is 1.29 bits per heavy atom. The van der Waals surface area contributed by atoms with Crippen molar-refractivity contribution in [2.75, 3.05) is 0 Å². The summed E-state index contributed by atoms with van der Waals surface area (Å²) >= 11 is 0. The van der Waals surface area contributed by atoms with E-state index in [1.165, 1.54) is 30.3 Å². The van der Waals surface area contributed by atoms with Crippen molar-refractivity contribution in [1.82, 2.24) is 9.78 Å². The van der Waals surface area contributed by atoms with Gasteiger partial charge >= 0.3 is 0 Å². The fourth-order valence-corrected chi connectivity index (χ4v) is 1.39. The van der Waals surface area contributed by atoms with Crippen molar-refractivity contribution in [3.8, 4) is 0 Å². The van der Waals surface area contributed by atoms with Gasteiger partial charge in [0.1, 0.15) is 5.82 Å². The summed E-state index contributed by atoms with van der Waals surface area (Å²) in [6.45, 7) is 0. The van der Waals surface area contributed by atoms with E-state index >= 15 is 0 Å².